The highest BCUT2D eigenvalue weighted by Crippen LogP contribution is 2.25. The highest BCUT2D eigenvalue weighted by molar-refractivity contribution is 7.81. The fourth-order valence-electron chi connectivity index (χ4n) is 2.11. The molecule has 3 rings (SSSR count). The lowest BCUT2D eigenvalue weighted by atomic mass is 10.1. The van der Waals surface area contributed by atoms with Crippen molar-refractivity contribution in [3.8, 4) is 0 Å². The van der Waals surface area contributed by atoms with Gasteiger partial charge >= 0.3 is 0 Å². The van der Waals surface area contributed by atoms with Gasteiger partial charge in [-0.25, -0.2) is 9.97 Å². The molecule has 0 spiro atoms. The van der Waals surface area contributed by atoms with Crippen LogP contribution in [-0.4, -0.2) is 21.6 Å². The summed E-state index contributed by atoms with van der Waals surface area (Å²) in [5, 5.41) is 8.08. The number of nitrogens with zero attached hydrogens (tertiary/aromatic N) is 2. The number of amides is 1. The molecule has 0 bridgehead atoms. The van der Waals surface area contributed by atoms with Crippen molar-refractivity contribution in [2.75, 3.05) is 16.4 Å². The third-order valence-electron chi connectivity index (χ3n) is 3.12. The normalized spacial score (nSPS) is 10.4. The lowest BCUT2D eigenvalue weighted by Gasteiger charge is -2.09. The van der Waals surface area contributed by atoms with Gasteiger partial charge < -0.3 is 10.6 Å². The smallest absolute Gasteiger partial charge is 0.234 e. The zero-order valence-corrected chi connectivity index (χ0v) is 12.5. The first-order chi connectivity index (χ1) is 10.8. The maximum absolute atomic E-state index is 11.2. The Morgan fingerprint density at radius 2 is 1.77 bits per heavy atom. The molecule has 0 saturated carbocycles. The monoisotopic (exact) mass is 310 g/mol. The lowest BCUT2D eigenvalue weighted by molar-refractivity contribution is -0.113. The van der Waals surface area contributed by atoms with Gasteiger partial charge in [0.05, 0.1) is 23.8 Å². The number of nitrogens with one attached hydrogen (secondary N) is 2. The van der Waals surface area contributed by atoms with Gasteiger partial charge in [0.1, 0.15) is 0 Å². The quantitative estimate of drug-likeness (QED) is 0.647. The molecule has 22 heavy (non-hydrogen) atoms. The van der Waals surface area contributed by atoms with E-state index in [1.807, 2.05) is 30.3 Å². The largest absolute Gasteiger partial charge is 0.324 e. The van der Waals surface area contributed by atoms with Crippen LogP contribution in [0, 0.1) is 0 Å². The van der Waals surface area contributed by atoms with Crippen LogP contribution in [0.25, 0.3) is 10.8 Å². The van der Waals surface area contributed by atoms with Gasteiger partial charge in [-0.05, 0) is 11.5 Å². The predicted octanol–water partition coefficient (Wildman–Crippen LogP) is 3.24. The Balaban J connectivity index is 1.82. The van der Waals surface area contributed by atoms with Crippen LogP contribution < -0.4 is 10.6 Å². The van der Waals surface area contributed by atoms with E-state index in [-0.39, 0.29) is 11.7 Å². The number of benzene rings is 2. The second-order valence-corrected chi connectivity index (χ2v) is 4.97. The van der Waals surface area contributed by atoms with Gasteiger partial charge in [-0.15, -0.1) is 0 Å². The van der Waals surface area contributed by atoms with Gasteiger partial charge in [-0.2, -0.15) is 12.6 Å². The van der Waals surface area contributed by atoms with Crippen molar-refractivity contribution < 1.29 is 4.79 Å². The minimum absolute atomic E-state index is 0.121. The summed E-state index contributed by atoms with van der Waals surface area (Å²) in [6.07, 6.45) is 3.11. The van der Waals surface area contributed by atoms with Crippen LogP contribution in [0.5, 0.6) is 0 Å². The minimum atomic E-state index is -0.193. The fraction of sp³-hybridized carbons (Fsp3) is 0.0625. The molecule has 2 aromatic carbocycles. The van der Waals surface area contributed by atoms with Crippen LogP contribution in [0.2, 0.25) is 0 Å². The molecule has 0 aliphatic rings. The summed E-state index contributed by atoms with van der Waals surface area (Å²) in [5.74, 6) is 0.401. The number of thiol groups is 1. The van der Waals surface area contributed by atoms with Gasteiger partial charge in [0.25, 0.3) is 0 Å². The van der Waals surface area contributed by atoms with Gasteiger partial charge in [0.2, 0.25) is 11.9 Å². The summed E-state index contributed by atoms with van der Waals surface area (Å²) in [6, 6.07) is 14.1. The van der Waals surface area contributed by atoms with Crippen molar-refractivity contribution in [3.05, 3.63) is 54.9 Å². The molecule has 0 atom stereocenters. The Labute approximate surface area is 133 Å². The maximum Gasteiger partial charge on any atom is 0.234 e. The average molecular weight is 310 g/mol. The summed E-state index contributed by atoms with van der Waals surface area (Å²) in [7, 11) is 0. The summed E-state index contributed by atoms with van der Waals surface area (Å²) in [6.45, 7) is 0. The molecule has 3 aromatic rings. The Bertz CT molecular complexity index is 799. The number of fused-ring (bicyclic) bond motifs is 1. The second-order valence-electron chi connectivity index (χ2n) is 4.65. The topological polar surface area (TPSA) is 66.9 Å². The van der Waals surface area contributed by atoms with Gasteiger partial charge in [0, 0.05) is 11.1 Å². The van der Waals surface area contributed by atoms with E-state index in [9.17, 15) is 4.79 Å². The second kappa shape index (κ2) is 6.44. The molecular formula is C16H14N4OS. The maximum atomic E-state index is 11.2. The van der Waals surface area contributed by atoms with Crippen LogP contribution in [0.15, 0.2) is 54.9 Å². The van der Waals surface area contributed by atoms with Crippen molar-refractivity contribution in [1.82, 2.24) is 9.97 Å². The van der Waals surface area contributed by atoms with Crippen LogP contribution in [0.3, 0.4) is 0 Å². The Hall–Kier alpha value is -2.60. The number of rotatable bonds is 4. The van der Waals surface area contributed by atoms with Gasteiger partial charge in [-0.1, -0.05) is 36.4 Å². The molecule has 2 N–H and O–H groups in total. The standard InChI is InChI=1S/C16H14N4OS/c21-15(10-22)19-12-8-17-16(18-9-12)20-14-7-3-5-11-4-1-2-6-13(11)14/h1-9,22H,10H2,(H,19,21)(H,17,18,20). The third-order valence-corrected chi connectivity index (χ3v) is 3.40. The van der Waals surface area contributed by atoms with E-state index in [4.69, 9.17) is 0 Å². The van der Waals surface area contributed by atoms with E-state index >= 15 is 0 Å². The average Bonchev–Trinajstić information content (AvgIpc) is 2.57. The molecule has 1 amide bonds. The molecule has 6 heteroatoms. The van der Waals surface area contributed by atoms with Crippen LogP contribution in [0.1, 0.15) is 0 Å². The zero-order chi connectivity index (χ0) is 15.4. The molecular weight excluding hydrogens is 296 g/mol. The van der Waals surface area contributed by atoms with E-state index in [0.29, 0.717) is 11.6 Å². The first-order valence-corrected chi connectivity index (χ1v) is 7.37. The minimum Gasteiger partial charge on any atom is -0.324 e. The van der Waals surface area contributed by atoms with Crippen molar-refractivity contribution in [1.29, 1.82) is 0 Å². The molecule has 110 valence electrons. The van der Waals surface area contributed by atoms with E-state index in [1.54, 1.807) is 12.4 Å². The van der Waals surface area contributed by atoms with Gasteiger partial charge in [0.15, 0.2) is 0 Å². The highest BCUT2D eigenvalue weighted by Gasteiger charge is 2.04. The van der Waals surface area contributed by atoms with E-state index in [2.05, 4.69) is 45.4 Å². The lowest BCUT2D eigenvalue weighted by Crippen LogP contribution is -2.13. The molecule has 0 aliphatic heterocycles. The fourth-order valence-corrected chi connectivity index (χ4v) is 2.19. The van der Waals surface area contributed by atoms with Crippen molar-refractivity contribution in [3.63, 3.8) is 0 Å². The van der Waals surface area contributed by atoms with Crippen LogP contribution in [0.4, 0.5) is 17.3 Å². The SMILES string of the molecule is O=C(CS)Nc1cnc(Nc2cccc3ccccc23)nc1. The Kier molecular flexibility index (Phi) is 4.20. The number of aromatic nitrogens is 2. The van der Waals surface area contributed by atoms with Crippen molar-refractivity contribution in [2.24, 2.45) is 0 Å². The molecule has 0 saturated heterocycles. The number of carbonyl (C=O) groups excluding carboxylic acids is 1. The van der Waals surface area contributed by atoms with Crippen LogP contribution in [-0.2, 0) is 4.79 Å². The molecule has 0 unspecified atom stereocenters. The number of hydrogen-bond acceptors (Lipinski definition) is 5. The number of carbonyl (C=O) groups is 1. The summed E-state index contributed by atoms with van der Waals surface area (Å²) >= 11 is 3.90. The third kappa shape index (κ3) is 3.17. The highest BCUT2D eigenvalue weighted by atomic mass is 32.1. The van der Waals surface area contributed by atoms with E-state index < -0.39 is 0 Å². The van der Waals surface area contributed by atoms with Crippen molar-refractivity contribution >= 4 is 46.6 Å². The Morgan fingerprint density at radius 1 is 1.05 bits per heavy atom. The number of hydrogen-bond donors (Lipinski definition) is 3. The molecule has 1 heterocycles. The van der Waals surface area contributed by atoms with Crippen LogP contribution >= 0.6 is 12.6 Å². The van der Waals surface area contributed by atoms with Gasteiger partial charge in [-0.3, -0.25) is 4.79 Å². The first kappa shape index (κ1) is 14.3. The molecule has 1 aromatic heterocycles. The molecule has 5 nitrogen and oxygen atoms in total. The Morgan fingerprint density at radius 3 is 2.55 bits per heavy atom. The van der Waals surface area contributed by atoms with E-state index in [0.717, 1.165) is 16.5 Å². The summed E-state index contributed by atoms with van der Waals surface area (Å²) in [5.41, 5.74) is 1.48. The molecule has 0 radical (unpaired) electrons. The molecule has 0 aliphatic carbocycles. The van der Waals surface area contributed by atoms with Crippen molar-refractivity contribution in [2.45, 2.75) is 0 Å². The summed E-state index contributed by atoms with van der Waals surface area (Å²) in [4.78, 5) is 19.7. The zero-order valence-electron chi connectivity index (χ0n) is 11.7. The van der Waals surface area contributed by atoms with E-state index in [1.165, 1.54) is 0 Å². The molecule has 0 fully saturated rings. The predicted molar refractivity (Wildman–Crippen MR) is 91.7 cm³/mol. The summed E-state index contributed by atoms with van der Waals surface area (Å²) < 4.78 is 0. The first-order valence-electron chi connectivity index (χ1n) is 6.74. The number of anilines is 3.